The molecule has 2 amide bonds. The fourth-order valence-corrected chi connectivity index (χ4v) is 4.91. The molecule has 1 aliphatic rings. The third-order valence-electron chi connectivity index (χ3n) is 5.20. The number of thiazole rings is 1. The number of nitrogens with one attached hydrogen (secondary N) is 2. The molecular formula is C24H26ClN3OS. The molecule has 3 aromatic rings. The minimum atomic E-state index is -0.212. The van der Waals surface area contributed by atoms with Crippen molar-refractivity contribution < 1.29 is 4.79 Å². The number of carbonyl (C=O) groups is 1. The van der Waals surface area contributed by atoms with Gasteiger partial charge in [-0.1, -0.05) is 50.6 Å². The highest BCUT2D eigenvalue weighted by Crippen LogP contribution is 2.35. The second-order valence-electron chi connectivity index (χ2n) is 8.70. The van der Waals surface area contributed by atoms with Crippen molar-refractivity contribution >= 4 is 34.7 Å². The molecule has 6 heteroatoms. The highest BCUT2D eigenvalue weighted by atomic mass is 35.5. The summed E-state index contributed by atoms with van der Waals surface area (Å²) >= 11 is 7.83. The van der Waals surface area contributed by atoms with Crippen molar-refractivity contribution in [3.8, 4) is 11.3 Å². The van der Waals surface area contributed by atoms with Crippen LogP contribution in [0.2, 0.25) is 5.02 Å². The Morgan fingerprint density at radius 1 is 1.13 bits per heavy atom. The zero-order chi connectivity index (χ0) is 21.3. The van der Waals surface area contributed by atoms with E-state index in [1.807, 2.05) is 30.3 Å². The van der Waals surface area contributed by atoms with Crippen LogP contribution in [0.1, 0.15) is 48.2 Å². The van der Waals surface area contributed by atoms with Gasteiger partial charge in [-0.3, -0.25) is 0 Å². The lowest BCUT2D eigenvalue weighted by atomic mass is 9.98. The van der Waals surface area contributed by atoms with E-state index in [0.29, 0.717) is 11.6 Å². The standard InChI is InChI=1S/C24H26ClN3OS/c1-24(2,3)22-28-21(17-8-5-9-18(25)12-17)20(30-22)14-26-23(29)27-19-11-10-15-6-4-7-16(15)13-19/h5,8-13H,4,6-7,14H2,1-3H3,(H2,26,27,29). The van der Waals surface area contributed by atoms with Crippen LogP contribution in [0.25, 0.3) is 11.3 Å². The molecule has 0 saturated carbocycles. The van der Waals surface area contributed by atoms with Crippen LogP contribution >= 0.6 is 22.9 Å². The van der Waals surface area contributed by atoms with Crippen molar-refractivity contribution in [2.45, 2.75) is 52.0 Å². The summed E-state index contributed by atoms with van der Waals surface area (Å²) in [5.74, 6) is 0. The van der Waals surface area contributed by atoms with Crippen molar-refractivity contribution in [3.63, 3.8) is 0 Å². The van der Waals surface area contributed by atoms with Crippen LogP contribution in [0, 0.1) is 0 Å². The fourth-order valence-electron chi connectivity index (χ4n) is 3.64. The van der Waals surface area contributed by atoms with E-state index in [9.17, 15) is 4.79 Å². The number of anilines is 1. The van der Waals surface area contributed by atoms with Crippen LogP contribution in [-0.2, 0) is 24.8 Å². The van der Waals surface area contributed by atoms with Gasteiger partial charge in [0.25, 0.3) is 0 Å². The second-order valence-corrected chi connectivity index (χ2v) is 10.2. The molecule has 1 aromatic heterocycles. The number of benzene rings is 2. The molecule has 1 heterocycles. The summed E-state index contributed by atoms with van der Waals surface area (Å²) in [6.45, 7) is 6.84. The number of aromatic nitrogens is 1. The van der Waals surface area contributed by atoms with E-state index < -0.39 is 0 Å². The Bertz CT molecular complexity index is 1080. The number of rotatable bonds is 4. The molecule has 30 heavy (non-hydrogen) atoms. The van der Waals surface area contributed by atoms with E-state index >= 15 is 0 Å². The largest absolute Gasteiger partial charge is 0.333 e. The van der Waals surface area contributed by atoms with Crippen LogP contribution < -0.4 is 10.6 Å². The van der Waals surface area contributed by atoms with Gasteiger partial charge in [-0.25, -0.2) is 9.78 Å². The monoisotopic (exact) mass is 439 g/mol. The smallest absolute Gasteiger partial charge is 0.319 e. The van der Waals surface area contributed by atoms with E-state index in [4.69, 9.17) is 16.6 Å². The molecule has 0 fully saturated rings. The number of amides is 2. The molecule has 0 aliphatic heterocycles. The lowest BCUT2D eigenvalue weighted by Gasteiger charge is -2.13. The highest BCUT2D eigenvalue weighted by Gasteiger charge is 2.23. The van der Waals surface area contributed by atoms with Crippen molar-refractivity contribution in [2.75, 3.05) is 5.32 Å². The summed E-state index contributed by atoms with van der Waals surface area (Å²) in [6, 6.07) is 13.7. The molecule has 156 valence electrons. The van der Waals surface area contributed by atoms with E-state index in [0.717, 1.165) is 39.7 Å². The van der Waals surface area contributed by atoms with Crippen molar-refractivity contribution in [2.24, 2.45) is 0 Å². The quantitative estimate of drug-likeness (QED) is 0.482. The van der Waals surface area contributed by atoms with Crippen molar-refractivity contribution in [3.05, 3.63) is 68.5 Å². The van der Waals surface area contributed by atoms with Gasteiger partial charge in [0.1, 0.15) is 0 Å². The first-order valence-electron chi connectivity index (χ1n) is 10.2. The van der Waals surface area contributed by atoms with Gasteiger partial charge < -0.3 is 10.6 Å². The molecule has 1 aliphatic carbocycles. The fraction of sp³-hybridized carbons (Fsp3) is 0.333. The van der Waals surface area contributed by atoms with Crippen LogP contribution in [-0.4, -0.2) is 11.0 Å². The summed E-state index contributed by atoms with van der Waals surface area (Å²) in [5, 5.41) is 7.66. The van der Waals surface area contributed by atoms with Crippen LogP contribution in [0.4, 0.5) is 10.5 Å². The van der Waals surface area contributed by atoms with Gasteiger partial charge in [0.2, 0.25) is 0 Å². The summed E-state index contributed by atoms with van der Waals surface area (Å²) in [6.07, 6.45) is 3.42. The summed E-state index contributed by atoms with van der Waals surface area (Å²) in [4.78, 5) is 18.4. The molecular weight excluding hydrogens is 414 g/mol. The predicted octanol–water partition coefficient (Wildman–Crippen LogP) is 6.57. The number of nitrogens with zero attached hydrogens (tertiary/aromatic N) is 1. The first-order valence-corrected chi connectivity index (χ1v) is 11.4. The van der Waals surface area contributed by atoms with Crippen LogP contribution in [0.5, 0.6) is 0 Å². The number of hydrogen-bond donors (Lipinski definition) is 2. The van der Waals surface area contributed by atoms with Gasteiger partial charge in [-0.15, -0.1) is 11.3 Å². The molecule has 2 N–H and O–H groups in total. The lowest BCUT2D eigenvalue weighted by molar-refractivity contribution is 0.252. The summed E-state index contributed by atoms with van der Waals surface area (Å²) < 4.78 is 0. The van der Waals surface area contributed by atoms with Crippen molar-refractivity contribution in [1.82, 2.24) is 10.3 Å². The first-order chi connectivity index (χ1) is 14.3. The molecule has 0 unspecified atom stereocenters. The molecule has 4 nitrogen and oxygen atoms in total. The molecule has 4 rings (SSSR count). The SMILES string of the molecule is CC(C)(C)c1nc(-c2cccc(Cl)c2)c(CNC(=O)Nc2ccc3c(c2)CCC3)s1. The number of aryl methyl sites for hydroxylation is 2. The first kappa shape index (κ1) is 20.9. The normalized spacial score (nSPS) is 13.2. The van der Waals surface area contributed by atoms with E-state index in [-0.39, 0.29) is 11.4 Å². The number of urea groups is 1. The minimum Gasteiger partial charge on any atom is -0.333 e. The molecule has 0 radical (unpaired) electrons. The van der Waals surface area contributed by atoms with Crippen LogP contribution in [0.3, 0.4) is 0 Å². The van der Waals surface area contributed by atoms with Gasteiger partial charge in [-0.05, 0) is 54.7 Å². The third-order valence-corrected chi connectivity index (χ3v) is 6.92. The van der Waals surface area contributed by atoms with Gasteiger partial charge in [0.05, 0.1) is 22.1 Å². The van der Waals surface area contributed by atoms with Crippen LogP contribution in [0.15, 0.2) is 42.5 Å². The molecule has 2 aromatic carbocycles. The Morgan fingerprint density at radius 2 is 1.93 bits per heavy atom. The van der Waals surface area contributed by atoms with E-state index in [1.165, 1.54) is 17.5 Å². The zero-order valence-corrected chi connectivity index (χ0v) is 19.1. The molecule has 0 saturated heterocycles. The average Bonchev–Trinajstić information content (AvgIpc) is 3.32. The Morgan fingerprint density at radius 3 is 2.70 bits per heavy atom. The molecule has 0 bridgehead atoms. The number of halogens is 1. The average molecular weight is 440 g/mol. The minimum absolute atomic E-state index is 0.0666. The summed E-state index contributed by atoms with van der Waals surface area (Å²) in [5.41, 5.74) is 5.35. The zero-order valence-electron chi connectivity index (χ0n) is 17.5. The Kier molecular flexibility index (Phi) is 5.85. The van der Waals surface area contributed by atoms with Crippen molar-refractivity contribution in [1.29, 1.82) is 0 Å². The van der Waals surface area contributed by atoms with Gasteiger partial charge >= 0.3 is 6.03 Å². The maximum atomic E-state index is 12.5. The van der Waals surface area contributed by atoms with Gasteiger partial charge in [0, 0.05) is 21.7 Å². The highest BCUT2D eigenvalue weighted by molar-refractivity contribution is 7.12. The molecule has 0 atom stereocenters. The Balaban J connectivity index is 1.50. The maximum Gasteiger partial charge on any atom is 0.319 e. The summed E-state index contributed by atoms with van der Waals surface area (Å²) in [7, 11) is 0. The van der Waals surface area contributed by atoms with E-state index in [2.05, 4.69) is 43.5 Å². The topological polar surface area (TPSA) is 54.0 Å². The maximum absolute atomic E-state index is 12.5. The third kappa shape index (κ3) is 4.68. The number of hydrogen-bond acceptors (Lipinski definition) is 3. The Labute approximate surface area is 186 Å². The predicted molar refractivity (Wildman–Crippen MR) is 126 cm³/mol. The number of carbonyl (C=O) groups excluding carboxylic acids is 1. The van der Waals surface area contributed by atoms with Gasteiger partial charge in [0.15, 0.2) is 0 Å². The van der Waals surface area contributed by atoms with E-state index in [1.54, 1.807) is 11.3 Å². The molecule has 0 spiro atoms. The number of fused-ring (bicyclic) bond motifs is 1. The Hall–Kier alpha value is -2.37. The van der Waals surface area contributed by atoms with Gasteiger partial charge in [-0.2, -0.15) is 0 Å². The second kappa shape index (κ2) is 8.40. The lowest BCUT2D eigenvalue weighted by Crippen LogP contribution is -2.28.